The van der Waals surface area contributed by atoms with Crippen molar-refractivity contribution in [3.8, 4) is 5.75 Å². The summed E-state index contributed by atoms with van der Waals surface area (Å²) in [6.07, 6.45) is 0. The Hall–Kier alpha value is -3.80. The normalized spacial score (nSPS) is 10.6. The number of nitrogens with one attached hydrogen (secondary N) is 1. The average molecular weight is 417 g/mol. The second-order valence-corrected chi connectivity index (χ2v) is 6.88. The van der Waals surface area contributed by atoms with Crippen LogP contribution in [0, 0.1) is 27.2 Å². The number of nitro groups is 2. The SMILES string of the molecule is COc1ccc(NC(=O)c2cc(Cn3nc([N+](=O)[O-])cc3C)cs2)c([N+](=O)[O-])c1. The van der Waals surface area contributed by atoms with Crippen molar-refractivity contribution in [3.05, 3.63) is 72.1 Å². The molecule has 29 heavy (non-hydrogen) atoms. The van der Waals surface area contributed by atoms with Gasteiger partial charge in [-0.05, 0) is 41.0 Å². The second kappa shape index (κ2) is 8.06. The number of methoxy groups -OCH3 is 1. The van der Waals surface area contributed by atoms with Crippen molar-refractivity contribution in [3.63, 3.8) is 0 Å². The van der Waals surface area contributed by atoms with Crippen molar-refractivity contribution in [1.29, 1.82) is 0 Å². The van der Waals surface area contributed by atoms with Crippen LogP contribution in [0.15, 0.2) is 35.7 Å². The Bertz CT molecular complexity index is 1110. The van der Waals surface area contributed by atoms with Crippen molar-refractivity contribution in [2.24, 2.45) is 0 Å². The van der Waals surface area contributed by atoms with E-state index in [1.165, 1.54) is 36.1 Å². The summed E-state index contributed by atoms with van der Waals surface area (Å²) in [4.78, 5) is 33.7. The van der Waals surface area contributed by atoms with Gasteiger partial charge >= 0.3 is 5.82 Å². The monoisotopic (exact) mass is 417 g/mol. The molecule has 11 nitrogen and oxygen atoms in total. The first-order chi connectivity index (χ1) is 13.8. The van der Waals surface area contributed by atoms with E-state index in [1.807, 2.05) is 0 Å². The van der Waals surface area contributed by atoms with E-state index in [4.69, 9.17) is 4.74 Å². The lowest BCUT2D eigenvalue weighted by atomic mass is 10.2. The summed E-state index contributed by atoms with van der Waals surface area (Å²) < 4.78 is 6.44. The molecule has 3 aromatic rings. The van der Waals surface area contributed by atoms with Gasteiger partial charge in [0, 0.05) is 0 Å². The third-order valence-corrected chi connectivity index (χ3v) is 4.99. The van der Waals surface area contributed by atoms with Crippen LogP contribution in [-0.2, 0) is 6.54 Å². The van der Waals surface area contributed by atoms with Gasteiger partial charge in [0.1, 0.15) is 11.4 Å². The molecule has 0 saturated heterocycles. The minimum Gasteiger partial charge on any atom is -0.496 e. The van der Waals surface area contributed by atoms with E-state index in [0.717, 1.165) is 16.9 Å². The number of ether oxygens (including phenoxy) is 1. The predicted molar refractivity (Wildman–Crippen MR) is 105 cm³/mol. The fraction of sp³-hybridized carbons (Fsp3) is 0.176. The highest BCUT2D eigenvalue weighted by molar-refractivity contribution is 7.12. The quantitative estimate of drug-likeness (QED) is 0.458. The van der Waals surface area contributed by atoms with Gasteiger partial charge in [0.15, 0.2) is 0 Å². The van der Waals surface area contributed by atoms with Crippen molar-refractivity contribution in [1.82, 2.24) is 9.78 Å². The van der Waals surface area contributed by atoms with Crippen LogP contribution in [0.3, 0.4) is 0 Å². The minimum absolute atomic E-state index is 0.0503. The second-order valence-electron chi connectivity index (χ2n) is 5.97. The molecule has 0 aliphatic heterocycles. The molecule has 2 aromatic heterocycles. The number of carbonyl (C=O) groups excluding carboxylic acids is 1. The van der Waals surface area contributed by atoms with Crippen molar-refractivity contribution >= 4 is 34.4 Å². The molecule has 0 aliphatic carbocycles. The number of nitro benzene ring substituents is 1. The molecule has 3 rings (SSSR count). The first-order valence-electron chi connectivity index (χ1n) is 8.18. The van der Waals surface area contributed by atoms with Gasteiger partial charge in [-0.3, -0.25) is 14.9 Å². The highest BCUT2D eigenvalue weighted by atomic mass is 32.1. The Morgan fingerprint density at radius 2 is 2.00 bits per heavy atom. The Morgan fingerprint density at radius 3 is 2.62 bits per heavy atom. The molecule has 0 aliphatic rings. The van der Waals surface area contributed by atoms with Crippen LogP contribution >= 0.6 is 11.3 Å². The summed E-state index contributed by atoms with van der Waals surface area (Å²) in [5.41, 5.74) is 1.11. The first-order valence-corrected chi connectivity index (χ1v) is 9.06. The van der Waals surface area contributed by atoms with Crippen LogP contribution in [-0.4, -0.2) is 32.6 Å². The minimum atomic E-state index is -0.606. The molecule has 2 heterocycles. The third-order valence-electron chi connectivity index (χ3n) is 4.02. The molecular formula is C17H15N5O6S. The van der Waals surface area contributed by atoms with Gasteiger partial charge < -0.3 is 20.2 Å². The number of benzene rings is 1. The lowest BCUT2D eigenvalue weighted by Gasteiger charge is -2.06. The average Bonchev–Trinajstić information content (AvgIpc) is 3.29. The molecule has 0 radical (unpaired) electrons. The summed E-state index contributed by atoms with van der Waals surface area (Å²) in [5, 5.41) is 30.2. The molecule has 1 amide bonds. The van der Waals surface area contributed by atoms with Crippen molar-refractivity contribution < 1.29 is 19.4 Å². The zero-order chi connectivity index (χ0) is 21.1. The number of anilines is 1. The van der Waals surface area contributed by atoms with E-state index in [1.54, 1.807) is 18.4 Å². The number of thiophene rings is 1. The van der Waals surface area contributed by atoms with Crippen LogP contribution in [0.25, 0.3) is 0 Å². The van der Waals surface area contributed by atoms with Gasteiger partial charge in [-0.15, -0.1) is 11.3 Å². The molecule has 1 N–H and O–H groups in total. The Kier molecular flexibility index (Phi) is 5.54. The number of nitrogens with zero attached hydrogens (tertiary/aromatic N) is 4. The number of amides is 1. The zero-order valence-electron chi connectivity index (χ0n) is 15.3. The van der Waals surface area contributed by atoms with Crippen LogP contribution < -0.4 is 10.1 Å². The topological polar surface area (TPSA) is 142 Å². The highest BCUT2D eigenvalue weighted by Gasteiger charge is 2.20. The predicted octanol–water partition coefficient (Wildman–Crippen LogP) is 3.38. The molecule has 0 bridgehead atoms. The third kappa shape index (κ3) is 4.38. The standard InChI is InChI=1S/C17H15N5O6S/c1-10-5-16(22(26)27)19-20(10)8-11-6-15(29-9-11)17(23)18-13-4-3-12(28-2)7-14(13)21(24)25/h3-7,9H,8H2,1-2H3,(H,18,23). The molecule has 0 spiro atoms. The maximum Gasteiger partial charge on any atom is 0.390 e. The highest BCUT2D eigenvalue weighted by Crippen LogP contribution is 2.30. The van der Waals surface area contributed by atoms with Gasteiger partial charge in [-0.2, -0.15) is 4.68 Å². The molecule has 0 unspecified atom stereocenters. The maximum atomic E-state index is 12.5. The first kappa shape index (κ1) is 19.9. The zero-order valence-corrected chi connectivity index (χ0v) is 16.1. The van der Waals surface area contributed by atoms with E-state index < -0.39 is 15.8 Å². The van der Waals surface area contributed by atoms with Crippen LogP contribution in [0.4, 0.5) is 17.2 Å². The van der Waals surface area contributed by atoms with E-state index in [-0.39, 0.29) is 23.7 Å². The number of aryl methyl sites for hydroxylation is 1. The fourth-order valence-corrected chi connectivity index (χ4v) is 3.37. The van der Waals surface area contributed by atoms with Gasteiger partial charge in [-0.1, -0.05) is 0 Å². The van der Waals surface area contributed by atoms with Gasteiger partial charge in [-0.25, -0.2) is 0 Å². The molecule has 0 saturated carbocycles. The van der Waals surface area contributed by atoms with E-state index in [2.05, 4.69) is 10.4 Å². The molecule has 150 valence electrons. The largest absolute Gasteiger partial charge is 0.496 e. The molecular weight excluding hydrogens is 402 g/mol. The molecule has 0 atom stereocenters. The Labute approximate surface area is 167 Å². The van der Waals surface area contributed by atoms with Crippen LogP contribution in [0.5, 0.6) is 5.75 Å². The summed E-state index contributed by atoms with van der Waals surface area (Å²) in [7, 11) is 1.39. The van der Waals surface area contributed by atoms with Gasteiger partial charge in [0.05, 0.1) is 46.4 Å². The number of carbonyl (C=O) groups is 1. The molecule has 0 fully saturated rings. The Morgan fingerprint density at radius 1 is 1.24 bits per heavy atom. The summed E-state index contributed by atoms with van der Waals surface area (Å²) in [6.45, 7) is 1.95. The van der Waals surface area contributed by atoms with Crippen LogP contribution in [0.1, 0.15) is 20.9 Å². The van der Waals surface area contributed by atoms with Gasteiger partial charge in [0.2, 0.25) is 0 Å². The maximum absolute atomic E-state index is 12.5. The number of hydrogen-bond donors (Lipinski definition) is 1. The molecule has 1 aromatic carbocycles. The smallest absolute Gasteiger partial charge is 0.390 e. The van der Waals surface area contributed by atoms with E-state index in [0.29, 0.717) is 16.3 Å². The Balaban J connectivity index is 1.76. The fourth-order valence-electron chi connectivity index (χ4n) is 2.57. The lowest BCUT2D eigenvalue weighted by Crippen LogP contribution is -2.12. The van der Waals surface area contributed by atoms with Gasteiger partial charge in [0.25, 0.3) is 11.6 Å². The van der Waals surface area contributed by atoms with Crippen molar-refractivity contribution in [2.75, 3.05) is 12.4 Å². The van der Waals surface area contributed by atoms with E-state index >= 15 is 0 Å². The summed E-state index contributed by atoms with van der Waals surface area (Å²) in [5.74, 6) is -0.447. The lowest BCUT2D eigenvalue weighted by molar-refractivity contribution is -0.389. The van der Waals surface area contributed by atoms with Crippen molar-refractivity contribution in [2.45, 2.75) is 13.5 Å². The number of hydrogen-bond acceptors (Lipinski definition) is 8. The van der Waals surface area contributed by atoms with E-state index in [9.17, 15) is 25.0 Å². The number of rotatable bonds is 7. The molecule has 12 heteroatoms. The summed E-state index contributed by atoms with van der Waals surface area (Å²) >= 11 is 1.16. The van der Waals surface area contributed by atoms with Crippen LogP contribution in [0.2, 0.25) is 0 Å². The summed E-state index contributed by atoms with van der Waals surface area (Å²) in [6, 6.07) is 7.11. The number of aromatic nitrogens is 2.